The molecule has 1 aromatic carbocycles. The maximum Gasteiger partial charge on any atom is 0.269 e. The van der Waals surface area contributed by atoms with Gasteiger partial charge in [-0.1, -0.05) is 0 Å². The van der Waals surface area contributed by atoms with Crippen molar-refractivity contribution < 1.29 is 4.92 Å². The van der Waals surface area contributed by atoms with Crippen LogP contribution in [0.1, 0.15) is 0 Å². The zero-order valence-electron chi connectivity index (χ0n) is 6.28. The molecule has 4 nitrogen and oxygen atoms in total. The van der Waals surface area contributed by atoms with Crippen molar-refractivity contribution in [3.05, 3.63) is 34.4 Å². The Morgan fingerprint density at radius 2 is 1.85 bits per heavy atom. The molecule has 0 aliphatic rings. The molecule has 1 rings (SSSR count). The van der Waals surface area contributed by atoms with E-state index in [1.807, 2.05) is 0 Å². The first-order valence-electron chi connectivity index (χ1n) is 3.24. The number of halogens is 2. The third-order valence-corrected chi connectivity index (χ3v) is 1.44. The second-order valence-electron chi connectivity index (χ2n) is 2.13. The number of nitrogens with zero attached hydrogens (tertiary/aromatic N) is 2. The molecule has 0 bridgehead atoms. The number of hydrogen-bond acceptors (Lipinski definition) is 3. The second-order valence-corrected chi connectivity index (χ2v) is 3.04. The van der Waals surface area contributed by atoms with E-state index in [0.29, 0.717) is 5.69 Å². The van der Waals surface area contributed by atoms with E-state index in [2.05, 4.69) is 4.99 Å². The number of hydrogen-bond donors (Lipinski definition) is 0. The number of non-ortho nitro benzene ring substituents is 1. The molecule has 0 aromatic heterocycles. The number of benzene rings is 1. The molecule has 13 heavy (non-hydrogen) atoms. The summed E-state index contributed by atoms with van der Waals surface area (Å²) >= 11 is 10.6. The summed E-state index contributed by atoms with van der Waals surface area (Å²) in [5.74, 6) is 0. The normalized spacial score (nSPS) is 9.38. The zero-order chi connectivity index (χ0) is 9.84. The highest BCUT2D eigenvalue weighted by molar-refractivity contribution is 6.95. The first kappa shape index (κ1) is 9.95. The molecule has 68 valence electrons. The van der Waals surface area contributed by atoms with E-state index in [0.717, 1.165) is 0 Å². The molecule has 0 saturated heterocycles. The highest BCUT2D eigenvalue weighted by Gasteiger charge is 2.02. The van der Waals surface area contributed by atoms with Gasteiger partial charge in [0.25, 0.3) is 5.69 Å². The van der Waals surface area contributed by atoms with Gasteiger partial charge in [-0.25, -0.2) is 4.99 Å². The molecule has 0 spiro atoms. The first-order valence-corrected chi connectivity index (χ1v) is 3.99. The third-order valence-electron chi connectivity index (χ3n) is 1.27. The molecule has 0 radical (unpaired) electrons. The van der Waals surface area contributed by atoms with E-state index in [4.69, 9.17) is 23.2 Å². The Morgan fingerprint density at radius 3 is 2.23 bits per heavy atom. The molecule has 0 aliphatic heterocycles. The maximum absolute atomic E-state index is 10.3. The van der Waals surface area contributed by atoms with Gasteiger partial charge >= 0.3 is 0 Å². The topological polar surface area (TPSA) is 55.5 Å². The standard InChI is InChI=1S/C7H4Cl2N2O2/c8-7(9)10-5-1-3-6(4-2-5)11(12)13/h1-4H. The lowest BCUT2D eigenvalue weighted by molar-refractivity contribution is -0.384. The van der Waals surface area contributed by atoms with Crippen molar-refractivity contribution in [1.82, 2.24) is 0 Å². The van der Waals surface area contributed by atoms with Crippen LogP contribution in [0.15, 0.2) is 29.3 Å². The number of rotatable bonds is 2. The molecule has 0 amide bonds. The molecule has 0 aliphatic carbocycles. The lowest BCUT2D eigenvalue weighted by atomic mass is 10.3. The van der Waals surface area contributed by atoms with Gasteiger partial charge in [-0.3, -0.25) is 10.1 Å². The first-order chi connectivity index (χ1) is 6.09. The molecular weight excluding hydrogens is 215 g/mol. The molecule has 0 heterocycles. The lowest BCUT2D eigenvalue weighted by Gasteiger charge is -1.92. The average molecular weight is 219 g/mol. The van der Waals surface area contributed by atoms with Gasteiger partial charge in [0.2, 0.25) is 0 Å². The van der Waals surface area contributed by atoms with Crippen molar-refractivity contribution in [3.8, 4) is 0 Å². The largest absolute Gasteiger partial charge is 0.269 e. The Bertz CT molecular complexity index is 344. The van der Waals surface area contributed by atoms with E-state index in [1.54, 1.807) is 0 Å². The van der Waals surface area contributed by atoms with Gasteiger partial charge in [0.05, 0.1) is 10.6 Å². The minimum absolute atomic E-state index is 0.00430. The fourth-order valence-corrected chi connectivity index (χ4v) is 0.942. The highest BCUT2D eigenvalue weighted by Crippen LogP contribution is 2.18. The predicted octanol–water partition coefficient (Wildman–Crippen LogP) is 3.06. The Labute approximate surface area is 84.0 Å². The summed E-state index contributed by atoms with van der Waals surface area (Å²) in [6.45, 7) is 0. The Balaban J connectivity index is 2.94. The monoisotopic (exact) mass is 218 g/mol. The van der Waals surface area contributed by atoms with Crippen LogP contribution < -0.4 is 0 Å². The molecular formula is C7H4Cl2N2O2. The van der Waals surface area contributed by atoms with Crippen molar-refractivity contribution in [1.29, 1.82) is 0 Å². The molecule has 0 unspecified atom stereocenters. The lowest BCUT2D eigenvalue weighted by Crippen LogP contribution is -1.85. The van der Waals surface area contributed by atoms with Crippen LogP contribution in [0.4, 0.5) is 11.4 Å². The van der Waals surface area contributed by atoms with Gasteiger partial charge in [-0.05, 0) is 35.3 Å². The minimum Gasteiger partial charge on any atom is -0.258 e. The molecule has 0 atom stereocenters. The summed E-state index contributed by atoms with van der Waals surface area (Å²) < 4.78 is -0.131. The van der Waals surface area contributed by atoms with E-state index in [-0.39, 0.29) is 10.3 Å². The van der Waals surface area contributed by atoms with E-state index < -0.39 is 4.92 Å². The average Bonchev–Trinajstić information content (AvgIpc) is 2.04. The van der Waals surface area contributed by atoms with E-state index in [9.17, 15) is 10.1 Å². The van der Waals surface area contributed by atoms with Gasteiger partial charge in [-0.15, -0.1) is 0 Å². The van der Waals surface area contributed by atoms with Gasteiger partial charge in [0.1, 0.15) is 0 Å². The molecule has 0 saturated carbocycles. The molecule has 0 fully saturated rings. The summed E-state index contributed by atoms with van der Waals surface area (Å²) in [7, 11) is 0. The quantitative estimate of drug-likeness (QED) is 0.436. The summed E-state index contributed by atoms with van der Waals surface area (Å²) in [5.41, 5.74) is 0.482. The third kappa shape index (κ3) is 3.01. The van der Waals surface area contributed by atoms with Crippen molar-refractivity contribution in [3.63, 3.8) is 0 Å². The summed E-state index contributed by atoms with van der Waals surface area (Å²) in [4.78, 5) is 13.4. The number of nitro benzene ring substituents is 1. The van der Waals surface area contributed by atoms with Crippen LogP contribution >= 0.6 is 23.2 Å². The molecule has 0 N–H and O–H groups in total. The smallest absolute Gasteiger partial charge is 0.258 e. The number of aliphatic imine (C=N–C) groups is 1. The fraction of sp³-hybridized carbons (Fsp3) is 0. The second kappa shape index (κ2) is 4.20. The van der Waals surface area contributed by atoms with Crippen LogP contribution in [-0.2, 0) is 0 Å². The molecule has 6 heteroatoms. The van der Waals surface area contributed by atoms with Crippen molar-refractivity contribution in [2.24, 2.45) is 4.99 Å². The minimum atomic E-state index is -0.490. The zero-order valence-corrected chi connectivity index (χ0v) is 7.79. The summed E-state index contributed by atoms with van der Waals surface area (Å²) in [6, 6.07) is 5.58. The van der Waals surface area contributed by atoms with Crippen LogP contribution in [0.25, 0.3) is 0 Å². The molecule has 1 aromatic rings. The van der Waals surface area contributed by atoms with Gasteiger partial charge in [-0.2, -0.15) is 0 Å². The Kier molecular flexibility index (Phi) is 3.22. The van der Waals surface area contributed by atoms with Gasteiger partial charge in [0, 0.05) is 12.1 Å². The SMILES string of the molecule is O=[N+]([O-])c1ccc(N=C(Cl)Cl)cc1. The summed E-state index contributed by atoms with van der Waals surface area (Å²) in [5, 5.41) is 10.3. The predicted molar refractivity (Wildman–Crippen MR) is 51.9 cm³/mol. The van der Waals surface area contributed by atoms with Crippen molar-refractivity contribution in [2.75, 3.05) is 0 Å². The summed E-state index contributed by atoms with van der Waals surface area (Å²) in [6.07, 6.45) is 0. The van der Waals surface area contributed by atoms with Gasteiger partial charge in [0.15, 0.2) is 4.63 Å². The Hall–Kier alpha value is -1.13. The fourth-order valence-electron chi connectivity index (χ4n) is 0.746. The number of nitro groups is 1. The van der Waals surface area contributed by atoms with Crippen molar-refractivity contribution in [2.45, 2.75) is 0 Å². The van der Waals surface area contributed by atoms with E-state index >= 15 is 0 Å². The van der Waals surface area contributed by atoms with E-state index in [1.165, 1.54) is 24.3 Å². The van der Waals surface area contributed by atoms with Crippen LogP contribution in [0.5, 0.6) is 0 Å². The Morgan fingerprint density at radius 1 is 1.31 bits per heavy atom. The van der Waals surface area contributed by atoms with Crippen molar-refractivity contribution >= 4 is 39.2 Å². The van der Waals surface area contributed by atoms with Crippen LogP contribution in [0.2, 0.25) is 0 Å². The highest BCUT2D eigenvalue weighted by atomic mass is 35.5. The van der Waals surface area contributed by atoms with Gasteiger partial charge < -0.3 is 0 Å². The van der Waals surface area contributed by atoms with Crippen LogP contribution in [-0.4, -0.2) is 9.55 Å². The maximum atomic E-state index is 10.3. The van der Waals surface area contributed by atoms with Crippen LogP contribution in [0, 0.1) is 10.1 Å². The van der Waals surface area contributed by atoms with Crippen LogP contribution in [0.3, 0.4) is 0 Å².